The van der Waals surface area contributed by atoms with Gasteiger partial charge in [-0.3, -0.25) is 0 Å². The van der Waals surface area contributed by atoms with Crippen molar-refractivity contribution in [3.8, 4) is 0 Å². The van der Waals surface area contributed by atoms with Crippen LogP contribution in [0.4, 0.5) is 5.13 Å². The van der Waals surface area contributed by atoms with Gasteiger partial charge in [-0.05, 0) is 13.8 Å². The zero-order valence-electron chi connectivity index (χ0n) is 7.86. The SMILES string of the molecule is CC1(C)CN(c2nncs2)CCO1. The van der Waals surface area contributed by atoms with E-state index in [0.717, 1.165) is 24.8 Å². The Bertz CT molecular complexity index is 273. The van der Waals surface area contributed by atoms with Gasteiger partial charge in [0.15, 0.2) is 0 Å². The highest BCUT2D eigenvalue weighted by Crippen LogP contribution is 2.23. The number of anilines is 1. The van der Waals surface area contributed by atoms with Crippen molar-refractivity contribution >= 4 is 16.5 Å². The van der Waals surface area contributed by atoms with E-state index < -0.39 is 0 Å². The van der Waals surface area contributed by atoms with Crippen LogP contribution in [0.1, 0.15) is 13.8 Å². The van der Waals surface area contributed by atoms with E-state index in [0.29, 0.717) is 0 Å². The Hall–Kier alpha value is -0.680. The Labute approximate surface area is 81.5 Å². The fraction of sp³-hybridized carbons (Fsp3) is 0.750. The van der Waals surface area contributed by atoms with Gasteiger partial charge in [0, 0.05) is 13.1 Å². The topological polar surface area (TPSA) is 38.2 Å². The largest absolute Gasteiger partial charge is 0.372 e. The predicted octanol–water partition coefficient (Wildman–Crippen LogP) is 1.15. The molecule has 1 saturated heterocycles. The molecule has 0 amide bonds. The molecule has 0 aliphatic carbocycles. The van der Waals surface area contributed by atoms with Crippen LogP contribution in [0.5, 0.6) is 0 Å². The molecule has 1 fully saturated rings. The number of ether oxygens (including phenoxy) is 1. The van der Waals surface area contributed by atoms with E-state index in [2.05, 4.69) is 28.9 Å². The summed E-state index contributed by atoms with van der Waals surface area (Å²) in [6.45, 7) is 6.77. The lowest BCUT2D eigenvalue weighted by molar-refractivity contribution is -0.0277. The van der Waals surface area contributed by atoms with Crippen molar-refractivity contribution in [3.63, 3.8) is 0 Å². The minimum atomic E-state index is -0.0656. The Balaban J connectivity index is 2.09. The van der Waals surface area contributed by atoms with Crippen LogP contribution in [0.25, 0.3) is 0 Å². The van der Waals surface area contributed by atoms with Gasteiger partial charge in [-0.15, -0.1) is 10.2 Å². The van der Waals surface area contributed by atoms with Crippen molar-refractivity contribution in [2.24, 2.45) is 0 Å². The van der Waals surface area contributed by atoms with Gasteiger partial charge in [-0.25, -0.2) is 0 Å². The summed E-state index contributed by atoms with van der Waals surface area (Å²) in [6.07, 6.45) is 0. The summed E-state index contributed by atoms with van der Waals surface area (Å²) in [7, 11) is 0. The molecule has 0 radical (unpaired) electrons. The molecular weight excluding hydrogens is 186 g/mol. The second-order valence-electron chi connectivity index (χ2n) is 3.75. The van der Waals surface area contributed by atoms with Crippen LogP contribution in [0, 0.1) is 0 Å². The average molecular weight is 199 g/mol. The number of hydrogen-bond acceptors (Lipinski definition) is 5. The van der Waals surface area contributed by atoms with E-state index in [-0.39, 0.29) is 5.60 Å². The molecule has 5 heteroatoms. The minimum Gasteiger partial charge on any atom is -0.372 e. The third-order valence-corrected chi connectivity index (χ3v) is 2.80. The standard InChI is InChI=1S/C8H13N3OS/c1-8(2)5-11(3-4-12-8)7-10-9-6-13-7/h6H,3-5H2,1-2H3. The first-order valence-corrected chi connectivity index (χ1v) is 5.20. The second-order valence-corrected chi connectivity index (χ2v) is 4.56. The highest BCUT2D eigenvalue weighted by atomic mass is 32.1. The van der Waals surface area contributed by atoms with Crippen molar-refractivity contribution in [2.45, 2.75) is 19.4 Å². The molecule has 1 aromatic rings. The lowest BCUT2D eigenvalue weighted by Gasteiger charge is -2.37. The fourth-order valence-electron chi connectivity index (χ4n) is 1.48. The summed E-state index contributed by atoms with van der Waals surface area (Å²) in [6, 6.07) is 0. The van der Waals surface area contributed by atoms with Crippen molar-refractivity contribution in [2.75, 3.05) is 24.6 Å². The third-order valence-electron chi connectivity index (χ3n) is 2.04. The highest BCUT2D eigenvalue weighted by Gasteiger charge is 2.28. The quantitative estimate of drug-likeness (QED) is 0.680. The molecule has 0 aromatic carbocycles. The zero-order chi connectivity index (χ0) is 9.31. The molecule has 0 saturated carbocycles. The van der Waals surface area contributed by atoms with Gasteiger partial charge in [0.25, 0.3) is 0 Å². The maximum Gasteiger partial charge on any atom is 0.208 e. The van der Waals surface area contributed by atoms with Gasteiger partial charge in [0.1, 0.15) is 5.51 Å². The van der Waals surface area contributed by atoms with E-state index in [1.165, 1.54) is 0 Å². The van der Waals surface area contributed by atoms with E-state index in [1.54, 1.807) is 16.8 Å². The second kappa shape index (κ2) is 3.23. The predicted molar refractivity (Wildman–Crippen MR) is 52.2 cm³/mol. The zero-order valence-corrected chi connectivity index (χ0v) is 8.67. The maximum absolute atomic E-state index is 5.61. The Morgan fingerprint density at radius 3 is 3.08 bits per heavy atom. The normalized spacial score (nSPS) is 21.8. The van der Waals surface area contributed by atoms with Crippen molar-refractivity contribution in [3.05, 3.63) is 5.51 Å². The first-order chi connectivity index (χ1) is 6.17. The summed E-state index contributed by atoms with van der Waals surface area (Å²) in [5.41, 5.74) is 1.70. The van der Waals surface area contributed by atoms with Gasteiger partial charge in [-0.2, -0.15) is 0 Å². The third kappa shape index (κ3) is 1.97. The summed E-state index contributed by atoms with van der Waals surface area (Å²) < 4.78 is 5.61. The molecule has 2 heterocycles. The number of rotatable bonds is 1. The van der Waals surface area contributed by atoms with Crippen LogP contribution in [0.3, 0.4) is 0 Å². The van der Waals surface area contributed by atoms with E-state index in [9.17, 15) is 0 Å². The lowest BCUT2D eigenvalue weighted by Crippen LogP contribution is -2.48. The van der Waals surface area contributed by atoms with Crippen LogP contribution in [-0.2, 0) is 4.74 Å². The molecule has 2 rings (SSSR count). The first kappa shape index (κ1) is 8.90. The van der Waals surface area contributed by atoms with E-state index in [4.69, 9.17) is 4.74 Å². The molecule has 1 aliphatic rings. The number of aromatic nitrogens is 2. The van der Waals surface area contributed by atoms with Crippen LogP contribution >= 0.6 is 11.3 Å². The molecule has 1 aliphatic heterocycles. The van der Waals surface area contributed by atoms with Crippen molar-refractivity contribution < 1.29 is 4.74 Å². The Morgan fingerprint density at radius 1 is 1.62 bits per heavy atom. The Kier molecular flexibility index (Phi) is 2.21. The molecule has 0 N–H and O–H groups in total. The van der Waals surface area contributed by atoms with Crippen molar-refractivity contribution in [1.29, 1.82) is 0 Å². The van der Waals surface area contributed by atoms with Crippen molar-refractivity contribution in [1.82, 2.24) is 10.2 Å². The van der Waals surface area contributed by atoms with Gasteiger partial charge >= 0.3 is 0 Å². The molecular formula is C8H13N3OS. The monoisotopic (exact) mass is 199 g/mol. The minimum absolute atomic E-state index is 0.0656. The summed E-state index contributed by atoms with van der Waals surface area (Å²) in [5.74, 6) is 0. The summed E-state index contributed by atoms with van der Waals surface area (Å²) >= 11 is 1.58. The molecule has 13 heavy (non-hydrogen) atoms. The van der Waals surface area contributed by atoms with Crippen LogP contribution in [0.15, 0.2) is 5.51 Å². The molecule has 0 atom stereocenters. The van der Waals surface area contributed by atoms with E-state index in [1.807, 2.05) is 0 Å². The fourth-order valence-corrected chi connectivity index (χ4v) is 2.07. The molecule has 1 aromatic heterocycles. The van der Waals surface area contributed by atoms with Crippen LogP contribution < -0.4 is 4.90 Å². The van der Waals surface area contributed by atoms with Crippen LogP contribution in [-0.4, -0.2) is 35.5 Å². The number of hydrogen-bond donors (Lipinski definition) is 0. The summed E-state index contributed by atoms with van der Waals surface area (Å²) in [4.78, 5) is 2.22. The molecule has 4 nitrogen and oxygen atoms in total. The average Bonchev–Trinajstić information content (AvgIpc) is 2.53. The van der Waals surface area contributed by atoms with Gasteiger partial charge in [0.05, 0.1) is 12.2 Å². The molecule has 0 unspecified atom stereocenters. The molecule has 72 valence electrons. The summed E-state index contributed by atoms with van der Waals surface area (Å²) in [5, 5.41) is 8.87. The number of morpholine rings is 1. The van der Waals surface area contributed by atoms with E-state index >= 15 is 0 Å². The molecule has 0 spiro atoms. The van der Waals surface area contributed by atoms with Crippen LogP contribution in [0.2, 0.25) is 0 Å². The van der Waals surface area contributed by atoms with Gasteiger partial charge in [0.2, 0.25) is 5.13 Å². The smallest absolute Gasteiger partial charge is 0.208 e. The van der Waals surface area contributed by atoms with Gasteiger partial charge < -0.3 is 9.64 Å². The maximum atomic E-state index is 5.61. The number of nitrogens with zero attached hydrogens (tertiary/aromatic N) is 3. The van der Waals surface area contributed by atoms with Gasteiger partial charge in [-0.1, -0.05) is 11.3 Å². The first-order valence-electron chi connectivity index (χ1n) is 4.32. The lowest BCUT2D eigenvalue weighted by atomic mass is 10.1. The Morgan fingerprint density at radius 2 is 2.46 bits per heavy atom. The molecule has 0 bridgehead atoms. The highest BCUT2D eigenvalue weighted by molar-refractivity contribution is 7.13.